The van der Waals surface area contributed by atoms with E-state index in [0.29, 0.717) is 10.0 Å². The van der Waals surface area contributed by atoms with Crippen LogP contribution >= 0.6 is 23.2 Å². The lowest BCUT2D eigenvalue weighted by atomic mass is 9.98. The third-order valence-electron chi connectivity index (χ3n) is 5.25. The number of rotatable bonds is 6. The molecule has 0 spiro atoms. The Labute approximate surface area is 198 Å². The Balaban J connectivity index is 1.65. The molecule has 4 rings (SSSR count). The SMILES string of the molecule is O=C(N[C@H](c1ccccc1)c1ccccc1Cl)N[C@H](c1ccccc1)c1ccccc1Cl. The van der Waals surface area contributed by atoms with Gasteiger partial charge in [0.25, 0.3) is 0 Å². The zero-order chi connectivity index (χ0) is 22.3. The standard InChI is InChI=1S/C27H22Cl2N2O/c28-23-17-9-7-15-21(23)25(19-11-3-1-4-12-19)30-27(32)31-26(20-13-5-2-6-14-20)22-16-8-10-18-24(22)29/h1-18,25-26H,(H2,30,31,32)/t25-,26-/m1/s1. The maximum Gasteiger partial charge on any atom is 0.316 e. The summed E-state index contributed by atoms with van der Waals surface area (Å²) >= 11 is 13.0. The van der Waals surface area contributed by atoms with Crippen LogP contribution < -0.4 is 10.6 Å². The minimum Gasteiger partial charge on any atom is -0.327 e. The quantitative estimate of drug-likeness (QED) is 0.314. The van der Waals surface area contributed by atoms with Gasteiger partial charge in [0.1, 0.15) is 0 Å². The molecule has 0 heterocycles. The molecule has 0 aliphatic carbocycles. The fourth-order valence-electron chi connectivity index (χ4n) is 3.69. The van der Waals surface area contributed by atoms with Gasteiger partial charge >= 0.3 is 6.03 Å². The van der Waals surface area contributed by atoms with Gasteiger partial charge in [0, 0.05) is 10.0 Å². The Kier molecular flexibility index (Phi) is 7.10. The number of benzene rings is 4. The monoisotopic (exact) mass is 460 g/mol. The molecule has 4 aromatic rings. The number of halogens is 2. The largest absolute Gasteiger partial charge is 0.327 e. The van der Waals surface area contributed by atoms with E-state index >= 15 is 0 Å². The van der Waals surface area contributed by atoms with E-state index in [1.54, 1.807) is 0 Å². The lowest BCUT2D eigenvalue weighted by Gasteiger charge is -2.25. The van der Waals surface area contributed by atoms with Gasteiger partial charge in [-0.2, -0.15) is 0 Å². The minimum absolute atomic E-state index is 0.326. The van der Waals surface area contributed by atoms with Gasteiger partial charge in [-0.25, -0.2) is 4.79 Å². The second kappa shape index (κ2) is 10.4. The second-order valence-corrected chi connectivity index (χ2v) is 8.16. The predicted molar refractivity (Wildman–Crippen MR) is 131 cm³/mol. The summed E-state index contributed by atoms with van der Waals surface area (Å²) < 4.78 is 0. The van der Waals surface area contributed by atoms with Crippen LogP contribution in [0.25, 0.3) is 0 Å². The molecule has 5 heteroatoms. The Morgan fingerprint density at radius 2 is 0.875 bits per heavy atom. The van der Waals surface area contributed by atoms with Crippen molar-refractivity contribution in [1.29, 1.82) is 0 Å². The Hall–Kier alpha value is -3.27. The van der Waals surface area contributed by atoms with Crippen molar-refractivity contribution in [2.45, 2.75) is 12.1 Å². The molecule has 32 heavy (non-hydrogen) atoms. The maximum atomic E-state index is 13.3. The number of carbonyl (C=O) groups excluding carboxylic acids is 1. The summed E-state index contributed by atoms with van der Waals surface area (Å²) in [5, 5.41) is 7.38. The molecule has 160 valence electrons. The van der Waals surface area contributed by atoms with Crippen LogP contribution in [0.5, 0.6) is 0 Å². The van der Waals surface area contributed by atoms with Crippen molar-refractivity contribution in [2.24, 2.45) is 0 Å². The van der Waals surface area contributed by atoms with E-state index in [2.05, 4.69) is 10.6 Å². The van der Waals surface area contributed by atoms with Crippen LogP contribution in [-0.4, -0.2) is 6.03 Å². The zero-order valence-electron chi connectivity index (χ0n) is 17.2. The molecule has 0 aliphatic rings. The number of hydrogen-bond donors (Lipinski definition) is 2. The molecule has 0 bridgehead atoms. The highest BCUT2D eigenvalue weighted by Gasteiger charge is 2.23. The molecule has 0 unspecified atom stereocenters. The van der Waals surface area contributed by atoms with E-state index in [0.717, 1.165) is 22.3 Å². The minimum atomic E-state index is -0.410. The number of urea groups is 1. The van der Waals surface area contributed by atoms with Crippen LogP contribution in [0.3, 0.4) is 0 Å². The van der Waals surface area contributed by atoms with Crippen molar-refractivity contribution in [2.75, 3.05) is 0 Å². The number of nitrogens with one attached hydrogen (secondary N) is 2. The van der Waals surface area contributed by atoms with Gasteiger partial charge in [-0.05, 0) is 34.4 Å². The third kappa shape index (κ3) is 5.13. The van der Waals surface area contributed by atoms with Gasteiger partial charge in [-0.1, -0.05) is 120 Å². The average molecular weight is 461 g/mol. The van der Waals surface area contributed by atoms with Crippen molar-refractivity contribution in [3.8, 4) is 0 Å². The molecule has 0 radical (unpaired) electrons. The van der Waals surface area contributed by atoms with Crippen LogP contribution in [0.2, 0.25) is 10.0 Å². The lowest BCUT2D eigenvalue weighted by molar-refractivity contribution is 0.236. The topological polar surface area (TPSA) is 41.1 Å². The molecular weight excluding hydrogens is 439 g/mol. The van der Waals surface area contributed by atoms with Crippen LogP contribution in [0.15, 0.2) is 109 Å². The summed E-state index contributed by atoms with van der Waals surface area (Å²) in [6.07, 6.45) is 0. The first-order chi connectivity index (χ1) is 15.6. The lowest BCUT2D eigenvalue weighted by Crippen LogP contribution is -2.40. The fraction of sp³-hybridized carbons (Fsp3) is 0.0741. The highest BCUT2D eigenvalue weighted by atomic mass is 35.5. The van der Waals surface area contributed by atoms with Crippen molar-refractivity contribution in [1.82, 2.24) is 10.6 Å². The highest BCUT2D eigenvalue weighted by molar-refractivity contribution is 6.31. The first-order valence-electron chi connectivity index (χ1n) is 10.3. The van der Waals surface area contributed by atoms with Crippen molar-refractivity contribution < 1.29 is 4.79 Å². The summed E-state index contributed by atoms with van der Waals surface area (Å²) in [4.78, 5) is 13.3. The summed E-state index contributed by atoms with van der Waals surface area (Å²) in [5.74, 6) is 0. The first-order valence-corrected chi connectivity index (χ1v) is 11.0. The predicted octanol–water partition coefficient (Wildman–Crippen LogP) is 7.17. The van der Waals surface area contributed by atoms with E-state index < -0.39 is 12.1 Å². The van der Waals surface area contributed by atoms with Gasteiger partial charge in [-0.3, -0.25) is 0 Å². The van der Waals surface area contributed by atoms with Crippen LogP contribution in [0, 0.1) is 0 Å². The molecule has 0 saturated heterocycles. The summed E-state index contributed by atoms with van der Waals surface area (Å²) in [7, 11) is 0. The molecule has 2 atom stereocenters. The molecule has 0 fully saturated rings. The third-order valence-corrected chi connectivity index (χ3v) is 5.94. The average Bonchev–Trinajstić information content (AvgIpc) is 2.83. The zero-order valence-corrected chi connectivity index (χ0v) is 18.7. The second-order valence-electron chi connectivity index (χ2n) is 7.35. The number of carbonyl (C=O) groups is 1. The molecule has 2 amide bonds. The Bertz CT molecular complexity index is 1090. The Morgan fingerprint density at radius 1 is 0.531 bits per heavy atom. The van der Waals surface area contributed by atoms with Crippen molar-refractivity contribution in [3.63, 3.8) is 0 Å². The first kappa shape index (κ1) is 21.9. The van der Waals surface area contributed by atoms with Crippen LogP contribution in [0.4, 0.5) is 4.79 Å². The molecular formula is C27H22Cl2N2O. The molecule has 3 nitrogen and oxygen atoms in total. The van der Waals surface area contributed by atoms with Gasteiger partial charge in [-0.15, -0.1) is 0 Å². The van der Waals surface area contributed by atoms with E-state index in [1.165, 1.54) is 0 Å². The normalized spacial score (nSPS) is 12.6. The molecule has 0 aliphatic heterocycles. The summed E-state index contributed by atoms with van der Waals surface area (Å²) in [6.45, 7) is 0. The van der Waals surface area contributed by atoms with E-state index in [-0.39, 0.29) is 6.03 Å². The van der Waals surface area contributed by atoms with Crippen molar-refractivity contribution in [3.05, 3.63) is 141 Å². The van der Waals surface area contributed by atoms with E-state index in [1.807, 2.05) is 109 Å². The summed E-state index contributed by atoms with van der Waals surface area (Å²) in [6, 6.07) is 33.4. The number of amides is 2. The molecule has 2 N–H and O–H groups in total. The van der Waals surface area contributed by atoms with Gasteiger partial charge in [0.2, 0.25) is 0 Å². The van der Waals surface area contributed by atoms with Gasteiger partial charge in [0.15, 0.2) is 0 Å². The smallest absolute Gasteiger partial charge is 0.316 e. The maximum absolute atomic E-state index is 13.3. The molecule has 4 aromatic carbocycles. The van der Waals surface area contributed by atoms with Gasteiger partial charge in [0.05, 0.1) is 12.1 Å². The highest BCUT2D eigenvalue weighted by Crippen LogP contribution is 2.30. The fourth-order valence-corrected chi connectivity index (χ4v) is 4.18. The molecule has 0 saturated carbocycles. The van der Waals surface area contributed by atoms with E-state index in [4.69, 9.17) is 23.2 Å². The molecule has 0 aromatic heterocycles. The van der Waals surface area contributed by atoms with Gasteiger partial charge < -0.3 is 10.6 Å². The van der Waals surface area contributed by atoms with Crippen LogP contribution in [0.1, 0.15) is 34.3 Å². The van der Waals surface area contributed by atoms with Crippen molar-refractivity contribution >= 4 is 29.2 Å². The number of hydrogen-bond acceptors (Lipinski definition) is 1. The van der Waals surface area contributed by atoms with Crippen LogP contribution in [-0.2, 0) is 0 Å². The van der Waals surface area contributed by atoms with E-state index in [9.17, 15) is 4.79 Å². The Morgan fingerprint density at radius 3 is 1.25 bits per heavy atom. The summed E-state index contributed by atoms with van der Waals surface area (Å²) in [5.41, 5.74) is 3.52.